The molecule has 3 aromatic rings. The average Bonchev–Trinajstić information content (AvgIpc) is 2.64. The summed E-state index contributed by atoms with van der Waals surface area (Å²) in [7, 11) is 0. The van der Waals surface area contributed by atoms with Crippen LogP contribution >= 0.6 is 0 Å². The molecule has 0 fully saturated rings. The zero-order valence-electron chi connectivity index (χ0n) is 13.5. The fraction of sp³-hybridized carbons (Fsp3) is 0.0526. The third kappa shape index (κ3) is 3.79. The van der Waals surface area contributed by atoms with Crippen molar-refractivity contribution in [1.82, 2.24) is 9.97 Å². The number of carbonyl (C=O) groups is 1. The number of hydrogen-bond acceptors (Lipinski definition) is 5. The van der Waals surface area contributed by atoms with E-state index in [2.05, 4.69) is 20.6 Å². The van der Waals surface area contributed by atoms with Gasteiger partial charge < -0.3 is 10.6 Å². The normalized spacial score (nSPS) is 9.92. The Kier molecular flexibility index (Phi) is 4.67. The number of aryl methyl sites for hydroxylation is 1. The average molecular weight is 329 g/mol. The van der Waals surface area contributed by atoms with E-state index in [-0.39, 0.29) is 5.69 Å². The molecule has 6 nitrogen and oxygen atoms in total. The molecule has 25 heavy (non-hydrogen) atoms. The van der Waals surface area contributed by atoms with Crippen molar-refractivity contribution in [1.29, 1.82) is 5.26 Å². The summed E-state index contributed by atoms with van der Waals surface area (Å²) in [6.45, 7) is 1.98. The number of nitriles is 1. The smallest absolute Gasteiger partial charge is 0.274 e. The van der Waals surface area contributed by atoms with Crippen LogP contribution in [0.4, 0.5) is 17.2 Å². The van der Waals surface area contributed by atoms with E-state index in [1.165, 1.54) is 6.33 Å². The van der Waals surface area contributed by atoms with Crippen LogP contribution in [0.15, 0.2) is 60.9 Å². The first kappa shape index (κ1) is 16.1. The van der Waals surface area contributed by atoms with E-state index >= 15 is 0 Å². The molecule has 0 unspecified atom stereocenters. The van der Waals surface area contributed by atoms with Crippen LogP contribution in [0.2, 0.25) is 0 Å². The van der Waals surface area contributed by atoms with Crippen molar-refractivity contribution in [2.75, 3.05) is 10.6 Å². The number of benzene rings is 2. The summed E-state index contributed by atoms with van der Waals surface area (Å²) >= 11 is 0. The van der Waals surface area contributed by atoms with Crippen molar-refractivity contribution in [2.24, 2.45) is 0 Å². The Hall–Kier alpha value is -3.72. The Bertz CT molecular complexity index is 962. The SMILES string of the molecule is Cc1ccccc1Nc1cc(C(=O)Nc2ccccc2C#N)ncn1. The molecule has 122 valence electrons. The maximum absolute atomic E-state index is 12.4. The van der Waals surface area contributed by atoms with Crippen molar-refractivity contribution < 1.29 is 4.79 Å². The number of nitrogens with zero attached hydrogens (tertiary/aromatic N) is 3. The first-order chi connectivity index (χ1) is 12.2. The molecule has 2 aromatic carbocycles. The van der Waals surface area contributed by atoms with E-state index in [4.69, 9.17) is 5.26 Å². The van der Waals surface area contributed by atoms with Crippen molar-refractivity contribution in [3.8, 4) is 6.07 Å². The van der Waals surface area contributed by atoms with Crippen LogP contribution in [-0.2, 0) is 0 Å². The first-order valence-electron chi connectivity index (χ1n) is 7.62. The highest BCUT2D eigenvalue weighted by Crippen LogP contribution is 2.19. The Morgan fingerprint density at radius 3 is 2.52 bits per heavy atom. The molecule has 0 aliphatic rings. The number of rotatable bonds is 4. The van der Waals surface area contributed by atoms with Crippen LogP contribution in [0, 0.1) is 18.3 Å². The highest BCUT2D eigenvalue weighted by molar-refractivity contribution is 6.03. The Morgan fingerprint density at radius 2 is 1.76 bits per heavy atom. The van der Waals surface area contributed by atoms with E-state index in [9.17, 15) is 4.79 Å². The van der Waals surface area contributed by atoms with Crippen molar-refractivity contribution >= 4 is 23.1 Å². The van der Waals surface area contributed by atoms with Gasteiger partial charge in [0.2, 0.25) is 0 Å². The molecule has 0 atom stereocenters. The minimum absolute atomic E-state index is 0.207. The molecule has 0 bridgehead atoms. The third-order valence-electron chi connectivity index (χ3n) is 3.60. The molecule has 0 radical (unpaired) electrons. The number of aromatic nitrogens is 2. The lowest BCUT2D eigenvalue weighted by molar-refractivity contribution is 0.102. The van der Waals surface area contributed by atoms with Gasteiger partial charge in [0, 0.05) is 11.8 Å². The quantitative estimate of drug-likeness (QED) is 0.762. The Balaban J connectivity index is 1.80. The zero-order valence-corrected chi connectivity index (χ0v) is 13.5. The Morgan fingerprint density at radius 1 is 1.04 bits per heavy atom. The van der Waals surface area contributed by atoms with E-state index < -0.39 is 5.91 Å². The lowest BCUT2D eigenvalue weighted by Gasteiger charge is -2.10. The van der Waals surface area contributed by atoms with Gasteiger partial charge in [-0.1, -0.05) is 30.3 Å². The van der Waals surface area contributed by atoms with Gasteiger partial charge in [0.25, 0.3) is 5.91 Å². The molecule has 2 N–H and O–H groups in total. The molecule has 0 saturated carbocycles. The van der Waals surface area contributed by atoms with Gasteiger partial charge in [-0.15, -0.1) is 0 Å². The summed E-state index contributed by atoms with van der Waals surface area (Å²) in [4.78, 5) is 20.6. The molecule has 0 aliphatic carbocycles. The number of nitrogens with one attached hydrogen (secondary N) is 2. The molecule has 3 rings (SSSR count). The second kappa shape index (κ2) is 7.23. The molecule has 1 amide bonds. The monoisotopic (exact) mass is 329 g/mol. The highest BCUT2D eigenvalue weighted by atomic mass is 16.1. The van der Waals surface area contributed by atoms with Gasteiger partial charge in [-0.2, -0.15) is 5.26 Å². The zero-order chi connectivity index (χ0) is 17.6. The van der Waals surface area contributed by atoms with Gasteiger partial charge in [0.1, 0.15) is 23.9 Å². The number of hydrogen-bond donors (Lipinski definition) is 2. The summed E-state index contributed by atoms with van der Waals surface area (Å²) in [6, 6.07) is 18.2. The molecule has 0 spiro atoms. The van der Waals surface area contributed by atoms with Crippen LogP contribution in [0.25, 0.3) is 0 Å². The summed E-state index contributed by atoms with van der Waals surface area (Å²) in [5, 5.41) is 15.0. The Labute approximate surface area is 145 Å². The molecule has 0 saturated heterocycles. The summed E-state index contributed by atoms with van der Waals surface area (Å²) in [6.07, 6.45) is 1.33. The summed E-state index contributed by atoms with van der Waals surface area (Å²) < 4.78 is 0. The number of carbonyl (C=O) groups excluding carboxylic acids is 1. The maximum Gasteiger partial charge on any atom is 0.274 e. The van der Waals surface area contributed by atoms with Crippen molar-refractivity contribution in [3.05, 3.63) is 77.7 Å². The highest BCUT2D eigenvalue weighted by Gasteiger charge is 2.11. The van der Waals surface area contributed by atoms with E-state index in [1.54, 1.807) is 30.3 Å². The number of anilines is 3. The topological polar surface area (TPSA) is 90.7 Å². The van der Waals surface area contributed by atoms with Crippen LogP contribution < -0.4 is 10.6 Å². The van der Waals surface area contributed by atoms with E-state index in [0.717, 1.165) is 11.3 Å². The molecular formula is C19H15N5O. The van der Waals surface area contributed by atoms with Gasteiger partial charge in [0.15, 0.2) is 0 Å². The van der Waals surface area contributed by atoms with E-state index in [0.29, 0.717) is 17.1 Å². The van der Waals surface area contributed by atoms with Crippen LogP contribution in [-0.4, -0.2) is 15.9 Å². The third-order valence-corrected chi connectivity index (χ3v) is 3.60. The summed E-state index contributed by atoms with van der Waals surface area (Å²) in [5.41, 5.74) is 3.02. The second-order valence-corrected chi connectivity index (χ2v) is 5.34. The fourth-order valence-corrected chi connectivity index (χ4v) is 2.28. The van der Waals surface area contributed by atoms with Gasteiger partial charge in [-0.05, 0) is 30.7 Å². The molecule has 1 heterocycles. The second-order valence-electron chi connectivity index (χ2n) is 5.34. The molecule has 6 heteroatoms. The van der Waals surface area contributed by atoms with Gasteiger partial charge in [-0.25, -0.2) is 9.97 Å². The minimum atomic E-state index is -0.405. The van der Waals surface area contributed by atoms with Crippen LogP contribution in [0.1, 0.15) is 21.6 Å². The summed E-state index contributed by atoms with van der Waals surface area (Å²) in [5.74, 6) is 0.112. The lowest BCUT2D eigenvalue weighted by atomic mass is 10.2. The van der Waals surface area contributed by atoms with Crippen molar-refractivity contribution in [2.45, 2.75) is 6.92 Å². The number of para-hydroxylation sites is 2. The van der Waals surface area contributed by atoms with Crippen molar-refractivity contribution in [3.63, 3.8) is 0 Å². The maximum atomic E-state index is 12.4. The largest absolute Gasteiger partial charge is 0.340 e. The number of amides is 1. The van der Waals surface area contributed by atoms with Crippen LogP contribution in [0.5, 0.6) is 0 Å². The first-order valence-corrected chi connectivity index (χ1v) is 7.62. The predicted octanol–water partition coefficient (Wildman–Crippen LogP) is 3.65. The standard InChI is InChI=1S/C19H15N5O/c1-13-6-2-4-8-15(13)23-18-10-17(21-12-22-18)19(25)24-16-9-5-3-7-14(16)11-20/h2-10,12H,1H3,(H,24,25)(H,21,22,23). The van der Waals surface area contributed by atoms with Gasteiger partial charge in [-0.3, -0.25) is 4.79 Å². The molecule has 0 aliphatic heterocycles. The van der Waals surface area contributed by atoms with Crippen LogP contribution in [0.3, 0.4) is 0 Å². The molecular weight excluding hydrogens is 314 g/mol. The minimum Gasteiger partial charge on any atom is -0.340 e. The van der Waals surface area contributed by atoms with Gasteiger partial charge >= 0.3 is 0 Å². The van der Waals surface area contributed by atoms with Gasteiger partial charge in [0.05, 0.1) is 11.3 Å². The molecule has 1 aromatic heterocycles. The lowest BCUT2D eigenvalue weighted by Crippen LogP contribution is -2.15. The van der Waals surface area contributed by atoms with E-state index in [1.807, 2.05) is 37.3 Å². The fourth-order valence-electron chi connectivity index (χ4n) is 2.28. The predicted molar refractivity (Wildman–Crippen MR) is 95.6 cm³/mol.